The van der Waals surface area contributed by atoms with Gasteiger partial charge in [-0.1, -0.05) is 12.8 Å². The molecule has 1 aliphatic rings. The van der Waals surface area contributed by atoms with Crippen LogP contribution in [-0.2, 0) is 18.4 Å². The predicted octanol–water partition coefficient (Wildman–Crippen LogP) is 3.01. The molecule has 0 amide bonds. The van der Waals surface area contributed by atoms with Crippen LogP contribution in [0.15, 0.2) is 0 Å². The number of hydrogen-bond acceptors (Lipinski definition) is 4. The van der Waals surface area contributed by atoms with E-state index in [0.717, 1.165) is 25.7 Å². The summed E-state index contributed by atoms with van der Waals surface area (Å²) in [6.07, 6.45) is 4.00. The van der Waals surface area contributed by atoms with Gasteiger partial charge in [-0.05, 0) is 26.7 Å². The minimum absolute atomic E-state index is 0.0442. The third-order valence-electron chi connectivity index (χ3n) is 2.81. The van der Waals surface area contributed by atoms with E-state index >= 15 is 0 Å². The van der Waals surface area contributed by atoms with Crippen LogP contribution in [0.2, 0.25) is 0 Å². The van der Waals surface area contributed by atoms with E-state index in [2.05, 4.69) is 0 Å². The lowest BCUT2D eigenvalue weighted by Crippen LogP contribution is -2.17. The van der Waals surface area contributed by atoms with Crippen molar-refractivity contribution < 1.29 is 18.4 Å². The zero-order valence-corrected chi connectivity index (χ0v) is 11.0. The van der Waals surface area contributed by atoms with E-state index < -0.39 is 7.60 Å². The van der Waals surface area contributed by atoms with Crippen LogP contribution in [0.3, 0.4) is 0 Å². The maximum absolute atomic E-state index is 12.1. The van der Waals surface area contributed by atoms with Crippen molar-refractivity contribution in [2.45, 2.75) is 39.5 Å². The molecule has 5 heteroatoms. The zero-order valence-electron chi connectivity index (χ0n) is 10.1. The van der Waals surface area contributed by atoms with E-state index in [9.17, 15) is 9.36 Å². The van der Waals surface area contributed by atoms with Gasteiger partial charge < -0.3 is 9.05 Å². The third kappa shape index (κ3) is 4.00. The van der Waals surface area contributed by atoms with Crippen LogP contribution in [0.4, 0.5) is 0 Å². The molecule has 1 rings (SSSR count). The largest absolute Gasteiger partial charge is 0.338 e. The Morgan fingerprint density at radius 3 is 2.12 bits per heavy atom. The lowest BCUT2D eigenvalue weighted by molar-refractivity contribution is -0.120. The molecule has 1 fully saturated rings. The first-order valence-corrected chi connectivity index (χ1v) is 7.75. The van der Waals surface area contributed by atoms with Gasteiger partial charge >= 0.3 is 7.60 Å². The Kier molecular flexibility index (Phi) is 5.67. The van der Waals surface area contributed by atoms with Crippen molar-refractivity contribution in [3.63, 3.8) is 0 Å². The molecule has 0 aromatic heterocycles. The Hall–Kier alpha value is -0.180. The van der Waals surface area contributed by atoms with Gasteiger partial charge in [0, 0.05) is 5.92 Å². The van der Waals surface area contributed by atoms with E-state index in [4.69, 9.17) is 9.05 Å². The van der Waals surface area contributed by atoms with Crippen molar-refractivity contribution in [2.24, 2.45) is 5.92 Å². The molecule has 1 saturated carbocycles. The second-order valence-corrected chi connectivity index (χ2v) is 6.11. The van der Waals surface area contributed by atoms with Gasteiger partial charge in [-0.3, -0.25) is 9.36 Å². The molecule has 0 radical (unpaired) electrons. The fraction of sp³-hybridized carbons (Fsp3) is 0.909. The molecule has 0 unspecified atom stereocenters. The summed E-state index contributed by atoms with van der Waals surface area (Å²) in [4.78, 5) is 11.9. The van der Waals surface area contributed by atoms with Crippen LogP contribution in [0.25, 0.3) is 0 Å². The Morgan fingerprint density at radius 1 is 1.19 bits per heavy atom. The molecule has 0 spiro atoms. The maximum atomic E-state index is 12.1. The summed E-state index contributed by atoms with van der Waals surface area (Å²) in [5.74, 6) is 0.122. The molecule has 94 valence electrons. The molecular weight excluding hydrogens is 227 g/mol. The average Bonchev–Trinajstić information content (AvgIpc) is 2.70. The van der Waals surface area contributed by atoms with Gasteiger partial charge in [0.25, 0.3) is 0 Å². The highest BCUT2D eigenvalue weighted by molar-refractivity contribution is 7.54. The smallest absolute Gasteiger partial charge is 0.309 e. The number of hydrogen-bond donors (Lipinski definition) is 0. The summed E-state index contributed by atoms with van der Waals surface area (Å²) in [5, 5.41) is 0. The molecule has 0 atom stereocenters. The highest BCUT2D eigenvalue weighted by Gasteiger charge is 2.32. The first-order valence-electron chi connectivity index (χ1n) is 6.02. The zero-order chi connectivity index (χ0) is 12.0. The summed E-state index contributed by atoms with van der Waals surface area (Å²) >= 11 is 0. The minimum Gasteiger partial charge on any atom is -0.309 e. The fourth-order valence-corrected chi connectivity index (χ4v) is 3.77. The summed E-state index contributed by atoms with van der Waals surface area (Å²) in [6, 6.07) is 0. The van der Waals surface area contributed by atoms with Crippen molar-refractivity contribution in [2.75, 3.05) is 19.4 Å². The lowest BCUT2D eigenvalue weighted by Gasteiger charge is -2.17. The third-order valence-corrected chi connectivity index (χ3v) is 4.81. The summed E-state index contributed by atoms with van der Waals surface area (Å²) < 4.78 is 22.3. The van der Waals surface area contributed by atoms with Crippen LogP contribution in [0.5, 0.6) is 0 Å². The Balaban J connectivity index is 2.53. The lowest BCUT2D eigenvalue weighted by atomic mass is 10.0. The SMILES string of the molecule is CCOP(=O)(CC(=O)C1CCCC1)OCC. The number of ketones is 1. The highest BCUT2D eigenvalue weighted by atomic mass is 31.2. The number of carbonyl (C=O) groups is 1. The van der Waals surface area contributed by atoms with Gasteiger partial charge in [0.05, 0.1) is 13.2 Å². The van der Waals surface area contributed by atoms with E-state index in [1.165, 1.54) is 0 Å². The van der Waals surface area contributed by atoms with E-state index in [0.29, 0.717) is 13.2 Å². The topological polar surface area (TPSA) is 52.6 Å². The van der Waals surface area contributed by atoms with Crippen molar-refractivity contribution >= 4 is 13.4 Å². The van der Waals surface area contributed by atoms with Gasteiger partial charge in [-0.2, -0.15) is 0 Å². The molecule has 16 heavy (non-hydrogen) atoms. The normalized spacial score (nSPS) is 17.9. The van der Waals surface area contributed by atoms with E-state index in [1.807, 2.05) is 0 Å². The van der Waals surface area contributed by atoms with Crippen molar-refractivity contribution in [1.29, 1.82) is 0 Å². The molecule has 0 saturated heterocycles. The number of carbonyl (C=O) groups excluding carboxylic acids is 1. The maximum Gasteiger partial charge on any atom is 0.338 e. The number of Topliss-reactive ketones (excluding diaryl/α,β-unsaturated/α-hetero) is 1. The minimum atomic E-state index is -3.18. The van der Waals surface area contributed by atoms with Gasteiger partial charge in [0.1, 0.15) is 11.9 Å². The molecule has 0 aromatic rings. The molecule has 0 N–H and O–H groups in total. The van der Waals surface area contributed by atoms with Crippen molar-refractivity contribution in [1.82, 2.24) is 0 Å². The Labute approximate surface area is 97.2 Å². The quantitative estimate of drug-likeness (QED) is 0.650. The van der Waals surface area contributed by atoms with Crippen molar-refractivity contribution in [3.8, 4) is 0 Å². The number of rotatable bonds is 7. The Morgan fingerprint density at radius 2 is 1.69 bits per heavy atom. The van der Waals surface area contributed by atoms with Crippen LogP contribution in [0.1, 0.15) is 39.5 Å². The van der Waals surface area contributed by atoms with Gasteiger partial charge in [0.2, 0.25) is 0 Å². The Bertz CT molecular complexity index is 261. The predicted molar refractivity (Wildman–Crippen MR) is 62.7 cm³/mol. The summed E-state index contributed by atoms with van der Waals surface area (Å²) in [6.45, 7) is 4.14. The first-order chi connectivity index (χ1) is 7.61. The monoisotopic (exact) mass is 248 g/mol. The van der Waals surface area contributed by atoms with Gasteiger partial charge in [-0.15, -0.1) is 0 Å². The second kappa shape index (κ2) is 6.53. The average molecular weight is 248 g/mol. The fourth-order valence-electron chi connectivity index (χ4n) is 2.09. The van der Waals surface area contributed by atoms with Gasteiger partial charge in [-0.25, -0.2) is 0 Å². The molecule has 0 heterocycles. The van der Waals surface area contributed by atoms with E-state index in [1.54, 1.807) is 13.8 Å². The van der Waals surface area contributed by atoms with Crippen molar-refractivity contribution in [3.05, 3.63) is 0 Å². The molecule has 0 bridgehead atoms. The highest BCUT2D eigenvalue weighted by Crippen LogP contribution is 2.48. The van der Waals surface area contributed by atoms with E-state index in [-0.39, 0.29) is 17.9 Å². The molecular formula is C11H21O4P. The van der Waals surface area contributed by atoms with Crippen LogP contribution >= 0.6 is 7.60 Å². The molecule has 0 aromatic carbocycles. The standard InChI is InChI=1S/C11H21O4P/c1-3-14-16(13,15-4-2)9-11(12)10-7-5-6-8-10/h10H,3-9H2,1-2H3. The first kappa shape index (κ1) is 13.9. The van der Waals surface area contributed by atoms with Crippen LogP contribution in [-0.4, -0.2) is 25.2 Å². The van der Waals surface area contributed by atoms with Crippen LogP contribution < -0.4 is 0 Å². The van der Waals surface area contributed by atoms with Gasteiger partial charge in [0.15, 0.2) is 0 Å². The molecule has 1 aliphatic carbocycles. The summed E-state index contributed by atoms with van der Waals surface area (Å²) in [7, 11) is -3.18. The van der Waals surface area contributed by atoms with Crippen LogP contribution in [0, 0.1) is 5.92 Å². The summed E-state index contributed by atoms with van der Waals surface area (Å²) in [5.41, 5.74) is 0. The molecule has 0 aliphatic heterocycles. The second-order valence-electron chi connectivity index (χ2n) is 4.05. The molecule has 4 nitrogen and oxygen atoms in total.